The van der Waals surface area contributed by atoms with E-state index in [2.05, 4.69) is 22.2 Å². The first-order valence-electron chi connectivity index (χ1n) is 10.1. The lowest BCUT2D eigenvalue weighted by atomic mass is 9.95. The van der Waals surface area contributed by atoms with Crippen molar-refractivity contribution in [1.29, 1.82) is 0 Å². The number of carbonyl (C=O) groups excluding carboxylic acids is 2. The summed E-state index contributed by atoms with van der Waals surface area (Å²) < 4.78 is 17.8. The normalized spacial score (nSPS) is 25.2. The molecule has 32 heavy (non-hydrogen) atoms. The van der Waals surface area contributed by atoms with Crippen LogP contribution in [0.15, 0.2) is 43.1 Å². The largest absolute Gasteiger partial charge is 0.462 e. The topological polar surface area (TPSA) is 145 Å². The highest BCUT2D eigenvalue weighted by molar-refractivity contribution is 5.89. The fourth-order valence-electron chi connectivity index (χ4n) is 3.30. The molecule has 11 heteroatoms. The fourth-order valence-corrected chi connectivity index (χ4v) is 3.30. The number of aliphatic hydroxyl groups is 2. The van der Waals surface area contributed by atoms with Crippen molar-refractivity contribution < 1.29 is 34.0 Å². The zero-order chi connectivity index (χ0) is 23.3. The highest BCUT2D eigenvalue weighted by atomic mass is 16.7. The van der Waals surface area contributed by atoms with Gasteiger partial charge in [0.15, 0.2) is 6.29 Å². The van der Waals surface area contributed by atoms with E-state index in [-0.39, 0.29) is 18.9 Å². The van der Waals surface area contributed by atoms with Gasteiger partial charge < -0.3 is 29.7 Å². The number of amides is 1. The van der Waals surface area contributed by atoms with Crippen LogP contribution in [0.4, 0.5) is 0 Å². The zero-order valence-electron chi connectivity index (χ0n) is 17.7. The van der Waals surface area contributed by atoms with Gasteiger partial charge in [-0.25, -0.2) is 9.48 Å². The van der Waals surface area contributed by atoms with Crippen molar-refractivity contribution in [2.75, 3.05) is 13.2 Å². The molecule has 3 N–H and O–H groups in total. The molecule has 0 bridgehead atoms. The number of esters is 1. The van der Waals surface area contributed by atoms with Crippen LogP contribution in [0, 0.1) is 0 Å². The molecule has 11 nitrogen and oxygen atoms in total. The molecule has 5 atom stereocenters. The monoisotopic (exact) mass is 446 g/mol. The summed E-state index contributed by atoms with van der Waals surface area (Å²) in [5.74, 6) is -0.835. The van der Waals surface area contributed by atoms with Crippen molar-refractivity contribution in [1.82, 2.24) is 20.3 Å². The highest BCUT2D eigenvalue weighted by Gasteiger charge is 2.47. The summed E-state index contributed by atoms with van der Waals surface area (Å²) in [6.07, 6.45) is -1.85. The van der Waals surface area contributed by atoms with Crippen LogP contribution >= 0.6 is 0 Å². The minimum Gasteiger partial charge on any atom is -0.462 e. The molecule has 0 unspecified atom stereocenters. The summed E-state index contributed by atoms with van der Waals surface area (Å²) in [5.41, 5.74) is 1.26. The van der Waals surface area contributed by atoms with Crippen LogP contribution in [0.5, 0.6) is 0 Å². The van der Waals surface area contributed by atoms with Crippen LogP contribution in [0.25, 0.3) is 5.69 Å². The van der Waals surface area contributed by atoms with Gasteiger partial charge in [0.25, 0.3) is 0 Å². The molecule has 1 saturated heterocycles. The second-order valence-electron chi connectivity index (χ2n) is 7.11. The van der Waals surface area contributed by atoms with Gasteiger partial charge in [-0.2, -0.15) is 0 Å². The summed E-state index contributed by atoms with van der Waals surface area (Å²) in [6.45, 7) is 6.98. The van der Waals surface area contributed by atoms with Gasteiger partial charge in [0, 0.05) is 6.92 Å². The first-order valence-corrected chi connectivity index (χ1v) is 10.1. The third-order valence-electron chi connectivity index (χ3n) is 4.80. The molecule has 0 spiro atoms. The number of hydrogen-bond donors (Lipinski definition) is 3. The van der Waals surface area contributed by atoms with E-state index in [1.54, 1.807) is 31.2 Å². The van der Waals surface area contributed by atoms with Crippen LogP contribution in [-0.2, 0) is 19.0 Å². The number of nitrogens with one attached hydrogen (secondary N) is 1. The minimum atomic E-state index is -1.40. The third kappa shape index (κ3) is 5.19. The SMILES string of the molecule is C=CCO[C@H]1O[C@H](c2cn(-c3ccc(C(=O)OCC)cc3)nn2)[C@H](O)[C@H](O)[C@H]1NC(C)=O. The Balaban J connectivity index is 1.80. The van der Waals surface area contributed by atoms with Crippen molar-refractivity contribution in [2.24, 2.45) is 0 Å². The standard InChI is InChI=1S/C21H26N4O7/c1-4-10-31-21-16(22-12(3)26)17(27)18(28)19(32-21)15-11-25(24-23-15)14-8-6-13(7-9-14)20(29)30-5-2/h4,6-9,11,16-19,21,27-28H,1,5,10H2,2-3H3,(H,22,26)/t16-,17-,18-,19-,21+/m1/s1. The Bertz CT molecular complexity index is 946. The van der Waals surface area contributed by atoms with Gasteiger partial charge in [0.1, 0.15) is 30.0 Å². The number of ether oxygens (including phenoxy) is 3. The molecule has 3 rings (SSSR count). The van der Waals surface area contributed by atoms with Gasteiger partial charge in [-0.05, 0) is 31.2 Å². The Morgan fingerprint density at radius 1 is 1.28 bits per heavy atom. The molecule has 1 aromatic carbocycles. The molecular formula is C21H26N4O7. The molecule has 1 amide bonds. The number of aromatic nitrogens is 3. The Morgan fingerprint density at radius 3 is 2.62 bits per heavy atom. The predicted molar refractivity (Wildman–Crippen MR) is 111 cm³/mol. The number of rotatable bonds is 8. The van der Waals surface area contributed by atoms with Gasteiger partial charge in [-0.15, -0.1) is 11.7 Å². The lowest BCUT2D eigenvalue weighted by Gasteiger charge is -2.41. The third-order valence-corrected chi connectivity index (χ3v) is 4.80. The van der Waals surface area contributed by atoms with E-state index in [1.165, 1.54) is 23.9 Å². The molecule has 172 valence electrons. The zero-order valence-corrected chi connectivity index (χ0v) is 17.7. The molecule has 0 radical (unpaired) electrons. The van der Waals surface area contributed by atoms with Crippen LogP contribution < -0.4 is 5.32 Å². The maximum Gasteiger partial charge on any atom is 0.338 e. The van der Waals surface area contributed by atoms with Crippen molar-refractivity contribution in [3.63, 3.8) is 0 Å². The molecular weight excluding hydrogens is 420 g/mol. The first kappa shape index (κ1) is 23.5. The number of benzene rings is 1. The second kappa shape index (κ2) is 10.5. The molecule has 1 aromatic heterocycles. The molecule has 2 heterocycles. The summed E-state index contributed by atoms with van der Waals surface area (Å²) >= 11 is 0. The minimum absolute atomic E-state index is 0.107. The number of hydrogen-bond acceptors (Lipinski definition) is 9. The summed E-state index contributed by atoms with van der Waals surface area (Å²) in [6, 6.07) is 5.55. The summed E-state index contributed by atoms with van der Waals surface area (Å²) in [7, 11) is 0. The quantitative estimate of drug-likeness (QED) is 0.384. The van der Waals surface area contributed by atoms with Crippen LogP contribution in [0.1, 0.15) is 36.0 Å². The van der Waals surface area contributed by atoms with Gasteiger partial charge >= 0.3 is 5.97 Å². The van der Waals surface area contributed by atoms with E-state index in [4.69, 9.17) is 14.2 Å². The molecule has 2 aromatic rings. The van der Waals surface area contributed by atoms with E-state index >= 15 is 0 Å². The fraction of sp³-hybridized carbons (Fsp3) is 0.429. The first-order chi connectivity index (χ1) is 15.3. The smallest absolute Gasteiger partial charge is 0.338 e. The van der Waals surface area contributed by atoms with Gasteiger partial charge in [-0.3, -0.25) is 4.79 Å². The number of aliphatic hydroxyl groups excluding tert-OH is 2. The maximum atomic E-state index is 11.8. The Hall–Kier alpha value is -3.12. The van der Waals surface area contributed by atoms with Gasteiger partial charge in [0.2, 0.25) is 5.91 Å². The lowest BCUT2D eigenvalue weighted by Crippen LogP contribution is -2.61. The molecule has 1 fully saturated rings. The van der Waals surface area contributed by atoms with Crippen molar-refractivity contribution in [2.45, 2.75) is 44.5 Å². The van der Waals surface area contributed by atoms with Crippen LogP contribution in [0.3, 0.4) is 0 Å². The van der Waals surface area contributed by atoms with Crippen LogP contribution in [-0.4, -0.2) is 74.8 Å². The van der Waals surface area contributed by atoms with E-state index in [1.807, 2.05) is 0 Å². The summed E-state index contributed by atoms with van der Waals surface area (Å²) in [5, 5.41) is 31.8. The average Bonchev–Trinajstić information content (AvgIpc) is 3.26. The Morgan fingerprint density at radius 2 is 2.00 bits per heavy atom. The van der Waals surface area contributed by atoms with Gasteiger partial charge in [0.05, 0.1) is 30.7 Å². The van der Waals surface area contributed by atoms with E-state index in [9.17, 15) is 19.8 Å². The molecule has 1 aliphatic rings. The Kier molecular flexibility index (Phi) is 7.70. The lowest BCUT2D eigenvalue weighted by molar-refractivity contribution is -0.265. The van der Waals surface area contributed by atoms with Crippen LogP contribution in [0.2, 0.25) is 0 Å². The van der Waals surface area contributed by atoms with Crippen molar-refractivity contribution in [3.05, 3.63) is 54.4 Å². The van der Waals surface area contributed by atoms with E-state index in [0.29, 0.717) is 11.3 Å². The average molecular weight is 446 g/mol. The summed E-state index contributed by atoms with van der Waals surface area (Å²) in [4.78, 5) is 23.3. The van der Waals surface area contributed by atoms with Gasteiger partial charge in [-0.1, -0.05) is 11.3 Å². The Labute approximate surface area is 184 Å². The van der Waals surface area contributed by atoms with E-state index in [0.717, 1.165) is 0 Å². The van der Waals surface area contributed by atoms with E-state index < -0.39 is 42.5 Å². The number of nitrogens with zero attached hydrogens (tertiary/aromatic N) is 3. The highest BCUT2D eigenvalue weighted by Crippen LogP contribution is 2.32. The van der Waals surface area contributed by atoms with Crippen molar-refractivity contribution in [3.8, 4) is 5.69 Å². The molecule has 1 aliphatic heterocycles. The second-order valence-corrected chi connectivity index (χ2v) is 7.11. The molecule has 0 aliphatic carbocycles. The number of carbonyl (C=O) groups is 2. The maximum absolute atomic E-state index is 11.8. The van der Waals surface area contributed by atoms with Crippen molar-refractivity contribution >= 4 is 11.9 Å². The molecule has 0 saturated carbocycles. The predicted octanol–water partition coefficient (Wildman–Crippen LogP) is 0.270.